The number of rotatable bonds is 7. The Labute approximate surface area is 107 Å². The second-order valence-corrected chi connectivity index (χ2v) is 5.26. The van der Waals surface area contributed by atoms with Crippen molar-refractivity contribution in [2.45, 2.75) is 37.5 Å². The molecule has 0 aliphatic heterocycles. The van der Waals surface area contributed by atoms with Crippen LogP contribution in [0.5, 0.6) is 0 Å². The van der Waals surface area contributed by atoms with Crippen LogP contribution in [-0.4, -0.2) is 14.4 Å². The summed E-state index contributed by atoms with van der Waals surface area (Å²) in [7, 11) is -4.03. The van der Waals surface area contributed by atoms with E-state index in [4.69, 9.17) is 0 Å². The fourth-order valence-corrected chi connectivity index (χ4v) is 2.00. The number of benzene rings is 1. The molecule has 5 nitrogen and oxygen atoms in total. The van der Waals surface area contributed by atoms with E-state index in [0.717, 1.165) is 12.8 Å². The quantitative estimate of drug-likeness (QED) is 0.433. The van der Waals surface area contributed by atoms with Crippen molar-refractivity contribution in [2.24, 2.45) is 0 Å². The second-order valence-electron chi connectivity index (χ2n) is 3.75. The highest BCUT2D eigenvalue weighted by atomic mass is 32.2. The summed E-state index contributed by atoms with van der Waals surface area (Å²) in [6.07, 6.45) is 2.67. The molecule has 1 aromatic carbocycles. The van der Waals surface area contributed by atoms with Gasteiger partial charge in [-0.2, -0.15) is 8.42 Å². The molecule has 0 fully saturated rings. The highest BCUT2D eigenvalue weighted by molar-refractivity contribution is 7.86. The number of unbranched alkanes of at least 4 members (excludes halogenated alkanes) is 2. The lowest BCUT2D eigenvalue weighted by Gasteiger charge is -2.04. The molecule has 0 aromatic heterocycles. The summed E-state index contributed by atoms with van der Waals surface area (Å²) in [4.78, 5) is 15.4. The van der Waals surface area contributed by atoms with Crippen molar-refractivity contribution in [2.75, 3.05) is 0 Å². The van der Waals surface area contributed by atoms with Crippen LogP contribution in [-0.2, 0) is 24.1 Å². The minimum absolute atomic E-state index is 0.0497. The van der Waals surface area contributed by atoms with Gasteiger partial charge in [0.2, 0.25) is 0 Å². The van der Waals surface area contributed by atoms with Gasteiger partial charge in [0.15, 0.2) is 0 Å². The van der Waals surface area contributed by atoms with Crippen molar-refractivity contribution in [1.29, 1.82) is 0 Å². The molecule has 0 aliphatic carbocycles. The largest absolute Gasteiger partial charge is 0.343 e. The van der Waals surface area contributed by atoms with Gasteiger partial charge >= 0.3 is 16.1 Å². The smallest absolute Gasteiger partial charge is 0.281 e. The normalized spacial score (nSPS) is 11.2. The van der Waals surface area contributed by atoms with Crippen LogP contribution in [0.15, 0.2) is 35.2 Å². The molecule has 0 atom stereocenters. The third-order valence-corrected chi connectivity index (χ3v) is 3.33. The van der Waals surface area contributed by atoms with Crippen molar-refractivity contribution in [3.8, 4) is 0 Å². The van der Waals surface area contributed by atoms with Gasteiger partial charge in [-0.3, -0.25) is 4.89 Å². The lowest BCUT2D eigenvalue weighted by Crippen LogP contribution is -2.12. The maximum absolute atomic E-state index is 11.6. The number of carbonyl (C=O) groups excluding carboxylic acids is 1. The average molecular weight is 272 g/mol. The summed E-state index contributed by atoms with van der Waals surface area (Å²) >= 11 is 0. The molecule has 1 aromatic rings. The Balaban J connectivity index is 2.46. The Morgan fingerprint density at radius 3 is 2.44 bits per heavy atom. The third kappa shape index (κ3) is 4.85. The van der Waals surface area contributed by atoms with E-state index in [0.29, 0.717) is 6.42 Å². The Bertz CT molecular complexity index is 467. The summed E-state index contributed by atoms with van der Waals surface area (Å²) in [6, 6.07) is 7.51. The van der Waals surface area contributed by atoms with E-state index < -0.39 is 16.1 Å². The second kappa shape index (κ2) is 7.13. The predicted octanol–water partition coefficient (Wildman–Crippen LogP) is 2.43. The van der Waals surface area contributed by atoms with E-state index in [1.54, 1.807) is 18.2 Å². The van der Waals surface area contributed by atoms with Gasteiger partial charge in [0.05, 0.1) is 4.90 Å². The summed E-state index contributed by atoms with van der Waals surface area (Å²) in [5.41, 5.74) is 0. The van der Waals surface area contributed by atoms with Crippen LogP contribution in [0, 0.1) is 0 Å². The molecule has 0 spiro atoms. The van der Waals surface area contributed by atoms with Crippen LogP contribution in [0.4, 0.5) is 0 Å². The van der Waals surface area contributed by atoms with Gasteiger partial charge in [-0.15, -0.1) is 0 Å². The van der Waals surface area contributed by atoms with Gasteiger partial charge in [0.25, 0.3) is 0 Å². The molecule has 0 radical (unpaired) electrons. The molecule has 18 heavy (non-hydrogen) atoms. The number of hydrogen-bond acceptors (Lipinski definition) is 5. The standard InChI is InChI=1S/C12H16O5S/c1-2-3-5-10-12(13)16-17-18(14,15)11-8-6-4-7-9-11/h4,6-9H,2-3,5,10H2,1H3. The average Bonchev–Trinajstić information content (AvgIpc) is 2.38. The molecule has 0 unspecified atom stereocenters. The minimum atomic E-state index is -4.03. The first-order valence-corrected chi connectivity index (χ1v) is 7.16. The SMILES string of the molecule is CCCCCC(=O)OOS(=O)(=O)c1ccccc1. The molecule has 0 saturated heterocycles. The molecular weight excluding hydrogens is 256 g/mol. The molecule has 0 saturated carbocycles. The highest BCUT2D eigenvalue weighted by Crippen LogP contribution is 2.12. The maximum Gasteiger partial charge on any atom is 0.343 e. The van der Waals surface area contributed by atoms with Crippen LogP contribution < -0.4 is 0 Å². The Morgan fingerprint density at radius 1 is 1.17 bits per heavy atom. The van der Waals surface area contributed by atoms with Crippen LogP contribution in [0.1, 0.15) is 32.6 Å². The fraction of sp³-hybridized carbons (Fsp3) is 0.417. The summed E-state index contributed by atoms with van der Waals surface area (Å²) in [5.74, 6) is -0.678. The van der Waals surface area contributed by atoms with Crippen LogP contribution in [0.25, 0.3) is 0 Å². The first-order valence-electron chi connectivity index (χ1n) is 5.75. The van der Waals surface area contributed by atoms with Gasteiger partial charge < -0.3 is 0 Å². The Kier molecular flexibility index (Phi) is 5.80. The summed E-state index contributed by atoms with van der Waals surface area (Å²) < 4.78 is 27.4. The molecular formula is C12H16O5S. The van der Waals surface area contributed by atoms with E-state index >= 15 is 0 Å². The van der Waals surface area contributed by atoms with Crippen molar-refractivity contribution in [3.05, 3.63) is 30.3 Å². The van der Waals surface area contributed by atoms with E-state index in [-0.39, 0.29) is 11.3 Å². The molecule has 100 valence electrons. The molecule has 0 N–H and O–H groups in total. The van der Waals surface area contributed by atoms with Gasteiger partial charge in [-0.05, 0) is 22.9 Å². The van der Waals surface area contributed by atoms with Crippen molar-refractivity contribution in [1.82, 2.24) is 0 Å². The topological polar surface area (TPSA) is 69.7 Å². The number of hydrogen-bond donors (Lipinski definition) is 0. The Hall–Kier alpha value is -1.40. The zero-order valence-corrected chi connectivity index (χ0v) is 11.0. The first kappa shape index (κ1) is 14.7. The molecule has 0 aliphatic rings. The summed E-state index contributed by atoms with van der Waals surface area (Å²) in [5, 5.41) is 0. The number of carbonyl (C=O) groups is 1. The zero-order valence-electron chi connectivity index (χ0n) is 10.2. The zero-order chi connectivity index (χ0) is 13.4. The van der Waals surface area contributed by atoms with Crippen molar-refractivity contribution in [3.63, 3.8) is 0 Å². The van der Waals surface area contributed by atoms with Crippen LogP contribution in [0.3, 0.4) is 0 Å². The third-order valence-electron chi connectivity index (χ3n) is 2.23. The van der Waals surface area contributed by atoms with E-state index in [9.17, 15) is 13.2 Å². The highest BCUT2D eigenvalue weighted by Gasteiger charge is 2.18. The van der Waals surface area contributed by atoms with Crippen LogP contribution in [0.2, 0.25) is 0 Å². The van der Waals surface area contributed by atoms with Crippen molar-refractivity contribution >= 4 is 16.1 Å². The minimum Gasteiger partial charge on any atom is -0.281 e. The van der Waals surface area contributed by atoms with Gasteiger partial charge in [0, 0.05) is 6.42 Å². The van der Waals surface area contributed by atoms with Gasteiger partial charge in [-0.1, -0.05) is 38.0 Å². The van der Waals surface area contributed by atoms with E-state index in [2.05, 4.69) is 9.22 Å². The Morgan fingerprint density at radius 2 is 1.83 bits per heavy atom. The van der Waals surface area contributed by atoms with Gasteiger partial charge in [-0.25, -0.2) is 4.79 Å². The molecule has 6 heteroatoms. The fourth-order valence-electron chi connectivity index (χ4n) is 1.27. The first-order chi connectivity index (χ1) is 8.56. The molecule has 0 amide bonds. The van der Waals surface area contributed by atoms with Crippen molar-refractivity contribution < 1.29 is 22.4 Å². The lowest BCUT2D eigenvalue weighted by molar-refractivity contribution is -0.211. The van der Waals surface area contributed by atoms with E-state index in [1.165, 1.54) is 12.1 Å². The molecule has 1 rings (SSSR count). The monoisotopic (exact) mass is 272 g/mol. The lowest BCUT2D eigenvalue weighted by atomic mass is 10.2. The summed E-state index contributed by atoms with van der Waals surface area (Å²) in [6.45, 7) is 2.00. The molecule has 0 heterocycles. The maximum atomic E-state index is 11.6. The van der Waals surface area contributed by atoms with E-state index in [1.807, 2.05) is 6.92 Å². The molecule has 0 bridgehead atoms. The predicted molar refractivity (Wildman–Crippen MR) is 64.9 cm³/mol. The van der Waals surface area contributed by atoms with Crippen LogP contribution >= 0.6 is 0 Å². The van der Waals surface area contributed by atoms with Gasteiger partial charge in [0.1, 0.15) is 0 Å².